The number of nitrogens with one attached hydrogen (secondary N) is 1. The normalized spacial score (nSPS) is 11.2. The second-order valence-electron chi connectivity index (χ2n) is 7.82. The Bertz CT molecular complexity index is 1160. The first-order valence-electron chi connectivity index (χ1n) is 10.5. The highest BCUT2D eigenvalue weighted by molar-refractivity contribution is 6.04. The summed E-state index contributed by atoms with van der Waals surface area (Å²) in [5.41, 5.74) is 3.78. The number of amides is 1. The fourth-order valence-corrected chi connectivity index (χ4v) is 3.02. The molecule has 0 aliphatic rings. The molecule has 0 spiro atoms. The standard InChI is InChI=1S/C26H28N4O3/c1-18-15-28-25(16-27-18)29-26(31)22-11-21(13-24(14-22)33-19(2)17-32-5)10-9-20-7-6-8-23(12-20)30(3)4/h6-8,11-16,19H,17H2,1-5H3,(H,28,29,31)/t19-/m0/s1. The van der Waals surface area contributed by atoms with Gasteiger partial charge in [-0.05, 0) is 50.2 Å². The Balaban J connectivity index is 1.91. The Labute approximate surface area is 194 Å². The Morgan fingerprint density at radius 1 is 1.09 bits per heavy atom. The summed E-state index contributed by atoms with van der Waals surface area (Å²) in [7, 11) is 5.58. The van der Waals surface area contributed by atoms with Crippen molar-refractivity contribution in [1.82, 2.24) is 9.97 Å². The topological polar surface area (TPSA) is 76.6 Å². The molecule has 1 N–H and O–H groups in total. The number of carbonyl (C=O) groups is 1. The number of carbonyl (C=O) groups excluding carboxylic acids is 1. The molecule has 33 heavy (non-hydrogen) atoms. The first-order chi connectivity index (χ1) is 15.8. The van der Waals surface area contributed by atoms with Gasteiger partial charge in [0.05, 0.1) is 24.7 Å². The van der Waals surface area contributed by atoms with Crippen molar-refractivity contribution >= 4 is 17.4 Å². The molecule has 2 aromatic carbocycles. The molecular weight excluding hydrogens is 416 g/mol. The molecule has 0 aliphatic heterocycles. The molecule has 1 amide bonds. The molecule has 0 aliphatic carbocycles. The number of benzene rings is 2. The fraction of sp³-hybridized carbons (Fsp3) is 0.269. The number of aromatic nitrogens is 2. The second-order valence-corrected chi connectivity index (χ2v) is 7.82. The number of methoxy groups -OCH3 is 1. The number of ether oxygens (including phenoxy) is 2. The predicted molar refractivity (Wildman–Crippen MR) is 130 cm³/mol. The Kier molecular flexibility index (Phi) is 8.01. The SMILES string of the molecule is COC[C@H](C)Oc1cc(C#Cc2cccc(N(C)C)c2)cc(C(=O)Nc2cnc(C)cn2)c1. The van der Waals surface area contributed by atoms with Crippen molar-refractivity contribution in [2.45, 2.75) is 20.0 Å². The van der Waals surface area contributed by atoms with Gasteiger partial charge in [0.1, 0.15) is 11.9 Å². The quantitative estimate of drug-likeness (QED) is 0.557. The molecular formula is C26H28N4O3. The van der Waals surface area contributed by atoms with Gasteiger partial charge in [-0.1, -0.05) is 17.9 Å². The summed E-state index contributed by atoms with van der Waals surface area (Å²) in [6.45, 7) is 4.16. The third-order valence-corrected chi connectivity index (χ3v) is 4.64. The molecule has 7 heteroatoms. The summed E-state index contributed by atoms with van der Waals surface area (Å²) >= 11 is 0. The van der Waals surface area contributed by atoms with Crippen LogP contribution in [0.2, 0.25) is 0 Å². The fourth-order valence-electron chi connectivity index (χ4n) is 3.02. The lowest BCUT2D eigenvalue weighted by molar-refractivity contribution is 0.0917. The summed E-state index contributed by atoms with van der Waals surface area (Å²) in [5, 5.41) is 2.77. The minimum atomic E-state index is -0.323. The van der Waals surface area contributed by atoms with Crippen LogP contribution < -0.4 is 15.0 Å². The van der Waals surface area contributed by atoms with Gasteiger partial charge in [-0.2, -0.15) is 0 Å². The number of hydrogen-bond acceptors (Lipinski definition) is 6. The summed E-state index contributed by atoms with van der Waals surface area (Å²) < 4.78 is 11.1. The summed E-state index contributed by atoms with van der Waals surface area (Å²) in [4.78, 5) is 23.3. The van der Waals surface area contributed by atoms with Crippen molar-refractivity contribution in [1.29, 1.82) is 0 Å². The summed E-state index contributed by atoms with van der Waals surface area (Å²) in [6, 6.07) is 13.2. The van der Waals surface area contributed by atoms with Gasteiger partial charge in [-0.3, -0.25) is 9.78 Å². The van der Waals surface area contributed by atoms with Crippen LogP contribution in [0.3, 0.4) is 0 Å². The lowest BCUT2D eigenvalue weighted by Gasteiger charge is -2.15. The van der Waals surface area contributed by atoms with E-state index in [-0.39, 0.29) is 12.0 Å². The molecule has 3 aromatic rings. The number of rotatable bonds is 7. The van der Waals surface area contributed by atoms with E-state index in [2.05, 4.69) is 27.1 Å². The Morgan fingerprint density at radius 3 is 2.58 bits per heavy atom. The van der Waals surface area contributed by atoms with Crippen LogP contribution in [-0.4, -0.2) is 49.8 Å². The molecule has 1 heterocycles. The van der Waals surface area contributed by atoms with E-state index in [9.17, 15) is 4.79 Å². The van der Waals surface area contributed by atoms with E-state index in [1.807, 2.05) is 63.2 Å². The molecule has 7 nitrogen and oxygen atoms in total. The molecule has 0 bridgehead atoms. The van der Waals surface area contributed by atoms with Gasteiger partial charge in [-0.25, -0.2) is 4.98 Å². The average molecular weight is 445 g/mol. The van der Waals surface area contributed by atoms with Gasteiger partial charge >= 0.3 is 0 Å². The van der Waals surface area contributed by atoms with Crippen molar-refractivity contribution in [2.24, 2.45) is 0 Å². The van der Waals surface area contributed by atoms with Gasteiger partial charge in [0, 0.05) is 43.6 Å². The van der Waals surface area contributed by atoms with Crippen LogP contribution in [0.1, 0.15) is 34.1 Å². The van der Waals surface area contributed by atoms with Gasteiger partial charge in [-0.15, -0.1) is 0 Å². The zero-order valence-corrected chi connectivity index (χ0v) is 19.5. The maximum Gasteiger partial charge on any atom is 0.257 e. The smallest absolute Gasteiger partial charge is 0.257 e. The average Bonchev–Trinajstić information content (AvgIpc) is 2.79. The maximum atomic E-state index is 12.9. The van der Waals surface area contributed by atoms with E-state index in [1.54, 1.807) is 25.4 Å². The van der Waals surface area contributed by atoms with Crippen molar-refractivity contribution in [2.75, 3.05) is 38.0 Å². The van der Waals surface area contributed by atoms with Crippen LogP contribution in [-0.2, 0) is 4.74 Å². The van der Waals surface area contributed by atoms with Crippen molar-refractivity contribution in [3.05, 3.63) is 77.2 Å². The van der Waals surface area contributed by atoms with E-state index in [4.69, 9.17) is 9.47 Å². The first-order valence-corrected chi connectivity index (χ1v) is 10.5. The lowest BCUT2D eigenvalue weighted by atomic mass is 10.1. The second kappa shape index (κ2) is 11.1. The largest absolute Gasteiger partial charge is 0.488 e. The zero-order valence-electron chi connectivity index (χ0n) is 19.5. The highest BCUT2D eigenvalue weighted by atomic mass is 16.5. The Morgan fingerprint density at radius 2 is 1.88 bits per heavy atom. The molecule has 0 fully saturated rings. The van der Waals surface area contributed by atoms with Crippen LogP contribution in [0.5, 0.6) is 5.75 Å². The molecule has 1 aromatic heterocycles. The Hall–Kier alpha value is -3.89. The number of aryl methyl sites for hydroxylation is 1. The molecule has 0 saturated heterocycles. The molecule has 1 atom stereocenters. The van der Waals surface area contributed by atoms with E-state index in [0.717, 1.165) is 16.9 Å². The van der Waals surface area contributed by atoms with E-state index < -0.39 is 0 Å². The molecule has 0 saturated carbocycles. The minimum absolute atomic E-state index is 0.186. The van der Waals surface area contributed by atoms with E-state index >= 15 is 0 Å². The molecule has 0 unspecified atom stereocenters. The molecule has 170 valence electrons. The minimum Gasteiger partial charge on any atom is -0.488 e. The monoisotopic (exact) mass is 444 g/mol. The first kappa shape index (κ1) is 23.8. The maximum absolute atomic E-state index is 12.9. The van der Waals surface area contributed by atoms with Crippen LogP contribution in [0, 0.1) is 18.8 Å². The highest BCUT2D eigenvalue weighted by Crippen LogP contribution is 2.20. The summed E-state index contributed by atoms with van der Waals surface area (Å²) in [5.74, 6) is 6.91. The predicted octanol–water partition coefficient (Wildman–Crippen LogP) is 3.92. The third kappa shape index (κ3) is 7.06. The molecule has 0 radical (unpaired) electrons. The number of hydrogen-bond donors (Lipinski definition) is 1. The zero-order chi connectivity index (χ0) is 23.8. The third-order valence-electron chi connectivity index (χ3n) is 4.64. The number of nitrogens with zero attached hydrogens (tertiary/aromatic N) is 3. The number of anilines is 2. The summed E-state index contributed by atoms with van der Waals surface area (Å²) in [6.07, 6.45) is 2.93. The highest BCUT2D eigenvalue weighted by Gasteiger charge is 2.12. The van der Waals surface area contributed by atoms with Crippen molar-refractivity contribution in [3.8, 4) is 17.6 Å². The van der Waals surface area contributed by atoms with Crippen LogP contribution in [0.4, 0.5) is 11.5 Å². The van der Waals surface area contributed by atoms with E-state index in [0.29, 0.717) is 29.3 Å². The van der Waals surface area contributed by atoms with Crippen molar-refractivity contribution < 1.29 is 14.3 Å². The van der Waals surface area contributed by atoms with Gasteiger partial charge in [0.15, 0.2) is 5.82 Å². The van der Waals surface area contributed by atoms with Crippen LogP contribution in [0.15, 0.2) is 54.9 Å². The molecule has 3 rings (SSSR count). The van der Waals surface area contributed by atoms with E-state index in [1.165, 1.54) is 6.20 Å². The van der Waals surface area contributed by atoms with Crippen LogP contribution in [0.25, 0.3) is 0 Å². The van der Waals surface area contributed by atoms with Gasteiger partial charge in [0.25, 0.3) is 5.91 Å². The van der Waals surface area contributed by atoms with Crippen molar-refractivity contribution in [3.63, 3.8) is 0 Å². The van der Waals surface area contributed by atoms with Gasteiger partial charge in [0.2, 0.25) is 0 Å². The van der Waals surface area contributed by atoms with Crippen LogP contribution >= 0.6 is 0 Å². The lowest BCUT2D eigenvalue weighted by Crippen LogP contribution is -2.19. The van der Waals surface area contributed by atoms with Gasteiger partial charge < -0.3 is 19.7 Å².